The zero-order valence-electron chi connectivity index (χ0n) is 14.3. The molecule has 5 heteroatoms. The van der Waals surface area contributed by atoms with Crippen LogP contribution in [0.4, 0.5) is 5.69 Å². The Morgan fingerprint density at radius 3 is 2.48 bits per heavy atom. The summed E-state index contributed by atoms with van der Waals surface area (Å²) in [6, 6.07) is 7.96. The number of hydrogen-bond donors (Lipinski definition) is 1. The first kappa shape index (κ1) is 17.2. The maximum atomic E-state index is 12.0. The standard InChI is InChI=1S/C18H25N3O2/c1-5-6-15-20-17(23-21-15)12-11-16(22)19-14-9-7-13(8-10-14)18(2,3)4/h7-10H,5-6,11-12H2,1-4H3,(H,19,22). The molecular formula is C18H25N3O2. The Kier molecular flexibility index (Phi) is 5.53. The van der Waals surface area contributed by atoms with E-state index < -0.39 is 0 Å². The monoisotopic (exact) mass is 315 g/mol. The Morgan fingerprint density at radius 2 is 1.87 bits per heavy atom. The molecule has 0 radical (unpaired) electrons. The van der Waals surface area contributed by atoms with Crippen LogP contribution in [0.25, 0.3) is 0 Å². The first-order valence-corrected chi connectivity index (χ1v) is 8.10. The topological polar surface area (TPSA) is 68.0 Å². The number of hydrogen-bond acceptors (Lipinski definition) is 4. The van der Waals surface area contributed by atoms with E-state index in [0.29, 0.717) is 24.6 Å². The summed E-state index contributed by atoms with van der Waals surface area (Å²) in [5.41, 5.74) is 2.15. The number of aryl methyl sites for hydroxylation is 2. The summed E-state index contributed by atoms with van der Waals surface area (Å²) in [5, 5.41) is 6.78. The summed E-state index contributed by atoms with van der Waals surface area (Å²) in [6.45, 7) is 8.56. The largest absolute Gasteiger partial charge is 0.339 e. The average Bonchev–Trinajstić information content (AvgIpc) is 2.93. The Bertz CT molecular complexity index is 639. The van der Waals surface area contributed by atoms with Gasteiger partial charge >= 0.3 is 0 Å². The number of carbonyl (C=O) groups is 1. The lowest BCUT2D eigenvalue weighted by atomic mass is 9.87. The molecule has 0 aliphatic rings. The molecule has 1 N–H and O–H groups in total. The first-order chi connectivity index (χ1) is 10.9. The molecule has 0 bridgehead atoms. The van der Waals surface area contributed by atoms with Crippen LogP contribution in [-0.4, -0.2) is 16.0 Å². The van der Waals surface area contributed by atoms with Gasteiger partial charge in [0.25, 0.3) is 0 Å². The molecule has 0 spiro atoms. The number of nitrogens with one attached hydrogen (secondary N) is 1. The Morgan fingerprint density at radius 1 is 1.17 bits per heavy atom. The minimum atomic E-state index is -0.0521. The first-order valence-electron chi connectivity index (χ1n) is 8.10. The van der Waals surface area contributed by atoms with Gasteiger partial charge in [0.2, 0.25) is 11.8 Å². The van der Waals surface area contributed by atoms with E-state index in [9.17, 15) is 4.79 Å². The summed E-state index contributed by atoms with van der Waals surface area (Å²) >= 11 is 0. The van der Waals surface area contributed by atoms with E-state index in [0.717, 1.165) is 18.5 Å². The van der Waals surface area contributed by atoms with Crippen LogP contribution in [0.5, 0.6) is 0 Å². The van der Waals surface area contributed by atoms with Gasteiger partial charge < -0.3 is 9.84 Å². The Labute approximate surface area is 137 Å². The number of anilines is 1. The van der Waals surface area contributed by atoms with Gasteiger partial charge in [-0.15, -0.1) is 0 Å². The van der Waals surface area contributed by atoms with Crippen LogP contribution in [0.1, 0.15) is 57.8 Å². The van der Waals surface area contributed by atoms with E-state index >= 15 is 0 Å². The van der Waals surface area contributed by atoms with Crippen LogP contribution in [0.2, 0.25) is 0 Å². The maximum Gasteiger partial charge on any atom is 0.227 e. The zero-order valence-corrected chi connectivity index (χ0v) is 14.3. The second kappa shape index (κ2) is 7.40. The molecule has 1 amide bonds. The van der Waals surface area contributed by atoms with Crippen LogP contribution in [0.15, 0.2) is 28.8 Å². The third-order valence-electron chi connectivity index (χ3n) is 3.58. The SMILES string of the molecule is CCCc1noc(CCC(=O)Nc2ccc(C(C)(C)C)cc2)n1. The summed E-state index contributed by atoms with van der Waals surface area (Å²) in [7, 11) is 0. The van der Waals surface area contributed by atoms with Gasteiger partial charge in [-0.2, -0.15) is 4.98 Å². The molecule has 1 aromatic heterocycles. The molecule has 2 rings (SSSR count). The molecular weight excluding hydrogens is 290 g/mol. The molecule has 0 saturated heterocycles. The average molecular weight is 315 g/mol. The summed E-state index contributed by atoms with van der Waals surface area (Å²) in [5.74, 6) is 1.18. The fourth-order valence-electron chi connectivity index (χ4n) is 2.21. The van der Waals surface area contributed by atoms with Crippen LogP contribution in [0, 0.1) is 0 Å². The molecule has 2 aromatic rings. The van der Waals surface area contributed by atoms with Gasteiger partial charge in [-0.3, -0.25) is 4.79 Å². The molecule has 0 saturated carbocycles. The molecule has 0 atom stereocenters. The van der Waals surface area contributed by atoms with Crippen molar-refractivity contribution >= 4 is 11.6 Å². The number of rotatable bonds is 6. The van der Waals surface area contributed by atoms with Gasteiger partial charge in [0.05, 0.1) is 0 Å². The number of aromatic nitrogens is 2. The molecule has 0 unspecified atom stereocenters. The maximum absolute atomic E-state index is 12.0. The van der Waals surface area contributed by atoms with Crippen molar-refractivity contribution in [3.63, 3.8) is 0 Å². The fourth-order valence-corrected chi connectivity index (χ4v) is 2.21. The Hall–Kier alpha value is -2.17. The normalized spacial score (nSPS) is 11.5. The summed E-state index contributed by atoms with van der Waals surface area (Å²) in [6.07, 6.45) is 2.57. The highest BCUT2D eigenvalue weighted by molar-refractivity contribution is 5.90. The highest BCUT2D eigenvalue weighted by atomic mass is 16.5. The van der Waals surface area contributed by atoms with Crippen molar-refractivity contribution in [1.29, 1.82) is 0 Å². The number of carbonyl (C=O) groups excluding carboxylic acids is 1. The van der Waals surface area contributed by atoms with Crippen molar-refractivity contribution < 1.29 is 9.32 Å². The summed E-state index contributed by atoms with van der Waals surface area (Å²) in [4.78, 5) is 16.3. The lowest BCUT2D eigenvalue weighted by Crippen LogP contribution is -2.14. The van der Waals surface area contributed by atoms with E-state index in [4.69, 9.17) is 4.52 Å². The molecule has 124 valence electrons. The van der Waals surface area contributed by atoms with Crippen LogP contribution < -0.4 is 5.32 Å². The molecule has 1 aromatic carbocycles. The minimum absolute atomic E-state index is 0.0521. The van der Waals surface area contributed by atoms with Crippen molar-refractivity contribution in [3.8, 4) is 0 Å². The van der Waals surface area contributed by atoms with Crippen molar-refractivity contribution in [3.05, 3.63) is 41.5 Å². The molecule has 5 nitrogen and oxygen atoms in total. The summed E-state index contributed by atoms with van der Waals surface area (Å²) < 4.78 is 5.13. The van der Waals surface area contributed by atoms with Gasteiger partial charge in [-0.1, -0.05) is 45.0 Å². The predicted octanol–water partition coefficient (Wildman–Crippen LogP) is 3.89. The van der Waals surface area contributed by atoms with E-state index in [1.807, 2.05) is 24.3 Å². The number of benzene rings is 1. The van der Waals surface area contributed by atoms with Gasteiger partial charge in [0.15, 0.2) is 5.82 Å². The molecule has 23 heavy (non-hydrogen) atoms. The molecule has 0 aliphatic carbocycles. The van der Waals surface area contributed by atoms with Crippen molar-refractivity contribution in [2.24, 2.45) is 0 Å². The predicted molar refractivity (Wildman–Crippen MR) is 90.4 cm³/mol. The van der Waals surface area contributed by atoms with Gasteiger partial charge in [-0.25, -0.2) is 0 Å². The van der Waals surface area contributed by atoms with E-state index in [1.54, 1.807) is 0 Å². The number of nitrogens with zero attached hydrogens (tertiary/aromatic N) is 2. The van der Waals surface area contributed by atoms with Gasteiger partial charge in [0.1, 0.15) is 0 Å². The quantitative estimate of drug-likeness (QED) is 0.878. The highest BCUT2D eigenvalue weighted by Gasteiger charge is 2.13. The third-order valence-corrected chi connectivity index (χ3v) is 3.58. The van der Waals surface area contributed by atoms with Crippen LogP contribution in [-0.2, 0) is 23.1 Å². The lowest BCUT2D eigenvalue weighted by Gasteiger charge is -2.19. The van der Waals surface area contributed by atoms with E-state index in [1.165, 1.54) is 5.56 Å². The lowest BCUT2D eigenvalue weighted by molar-refractivity contribution is -0.116. The molecule has 1 heterocycles. The zero-order chi connectivity index (χ0) is 16.9. The second-order valence-corrected chi connectivity index (χ2v) is 6.73. The van der Waals surface area contributed by atoms with Crippen molar-refractivity contribution in [2.75, 3.05) is 5.32 Å². The smallest absolute Gasteiger partial charge is 0.227 e. The van der Waals surface area contributed by atoms with Gasteiger partial charge in [0, 0.05) is 24.9 Å². The number of amides is 1. The molecule has 0 fully saturated rings. The Balaban J connectivity index is 1.84. The van der Waals surface area contributed by atoms with Crippen molar-refractivity contribution in [2.45, 2.75) is 58.8 Å². The van der Waals surface area contributed by atoms with Gasteiger partial charge in [-0.05, 0) is 29.5 Å². The molecule has 0 aliphatic heterocycles. The second-order valence-electron chi connectivity index (χ2n) is 6.73. The van der Waals surface area contributed by atoms with E-state index in [2.05, 4.69) is 43.2 Å². The van der Waals surface area contributed by atoms with Crippen molar-refractivity contribution in [1.82, 2.24) is 10.1 Å². The van der Waals surface area contributed by atoms with E-state index in [-0.39, 0.29) is 11.3 Å². The van der Waals surface area contributed by atoms with Crippen LogP contribution in [0.3, 0.4) is 0 Å². The fraction of sp³-hybridized carbons (Fsp3) is 0.500. The third kappa shape index (κ3) is 5.20. The van der Waals surface area contributed by atoms with Crippen LogP contribution >= 0.6 is 0 Å². The highest BCUT2D eigenvalue weighted by Crippen LogP contribution is 2.23. The minimum Gasteiger partial charge on any atom is -0.339 e.